The van der Waals surface area contributed by atoms with E-state index in [1.807, 2.05) is 0 Å². The van der Waals surface area contributed by atoms with Gasteiger partial charge in [-0.1, -0.05) is 0 Å². The van der Waals surface area contributed by atoms with Gasteiger partial charge in [0.25, 0.3) is 0 Å². The molecule has 1 aromatic rings. The Balaban J connectivity index is 2.54. The number of anilines is 1. The maximum Gasteiger partial charge on any atom is 0.392 e. The summed E-state index contributed by atoms with van der Waals surface area (Å²) in [7, 11) is 0. The maximum absolute atomic E-state index is 11.8. The highest BCUT2D eigenvalue weighted by molar-refractivity contribution is 5.28. The number of halogens is 3. The van der Waals surface area contributed by atoms with Crippen molar-refractivity contribution in [3.05, 3.63) is 11.8 Å². The van der Waals surface area contributed by atoms with Crippen LogP contribution < -0.4 is 10.5 Å². The molecule has 0 aliphatic carbocycles. The highest BCUT2D eigenvalue weighted by Gasteiger charge is 2.27. The molecule has 0 radical (unpaired) electrons. The molecule has 0 aliphatic heterocycles. The van der Waals surface area contributed by atoms with Crippen LogP contribution in [-0.4, -0.2) is 22.8 Å². The summed E-state index contributed by atoms with van der Waals surface area (Å²) >= 11 is 0. The third kappa shape index (κ3) is 4.01. The van der Waals surface area contributed by atoms with E-state index in [0.29, 0.717) is 5.56 Å². The van der Waals surface area contributed by atoms with Crippen molar-refractivity contribution in [2.24, 2.45) is 0 Å². The molecule has 1 aromatic heterocycles. The van der Waals surface area contributed by atoms with E-state index >= 15 is 0 Å². The van der Waals surface area contributed by atoms with Crippen molar-refractivity contribution >= 4 is 5.95 Å². The fourth-order valence-electron chi connectivity index (χ4n) is 0.849. The molecular weight excluding hydrogens is 211 g/mol. The lowest BCUT2D eigenvalue weighted by molar-refractivity contribution is -0.139. The summed E-state index contributed by atoms with van der Waals surface area (Å²) in [6, 6.07) is 0. The van der Waals surface area contributed by atoms with Crippen molar-refractivity contribution in [1.82, 2.24) is 9.97 Å². The van der Waals surface area contributed by atoms with Crippen molar-refractivity contribution in [3.63, 3.8) is 0 Å². The number of aromatic nitrogens is 2. The lowest BCUT2D eigenvalue weighted by Gasteiger charge is -2.09. The number of hydrogen-bond donors (Lipinski definition) is 1. The van der Waals surface area contributed by atoms with Crippen molar-refractivity contribution in [1.29, 1.82) is 0 Å². The first kappa shape index (κ1) is 11.5. The van der Waals surface area contributed by atoms with Gasteiger partial charge in [-0.15, -0.1) is 0 Å². The van der Waals surface area contributed by atoms with E-state index in [2.05, 4.69) is 9.97 Å². The van der Waals surface area contributed by atoms with Gasteiger partial charge in [-0.25, -0.2) is 4.98 Å². The van der Waals surface area contributed by atoms with Gasteiger partial charge in [-0.05, 0) is 6.92 Å². The van der Waals surface area contributed by atoms with Crippen LogP contribution in [0.4, 0.5) is 19.1 Å². The number of rotatable bonds is 3. The highest BCUT2D eigenvalue weighted by Crippen LogP contribution is 2.20. The van der Waals surface area contributed by atoms with E-state index in [1.165, 1.54) is 6.20 Å². The van der Waals surface area contributed by atoms with Gasteiger partial charge >= 0.3 is 6.18 Å². The van der Waals surface area contributed by atoms with Gasteiger partial charge in [-0.2, -0.15) is 18.2 Å². The standard InChI is InChI=1S/C8H10F3N3O/c1-5-4-13-7(12)14-6(5)15-3-2-8(9,10)11/h4H,2-3H2,1H3,(H2,12,13,14). The molecule has 0 aliphatic rings. The molecule has 7 heteroatoms. The molecule has 2 N–H and O–H groups in total. The Bertz CT molecular complexity index is 340. The first-order valence-corrected chi connectivity index (χ1v) is 4.17. The van der Waals surface area contributed by atoms with Crippen molar-refractivity contribution in [3.8, 4) is 5.88 Å². The topological polar surface area (TPSA) is 61.0 Å². The lowest BCUT2D eigenvalue weighted by Crippen LogP contribution is -2.14. The van der Waals surface area contributed by atoms with Crippen molar-refractivity contribution in [2.75, 3.05) is 12.3 Å². The third-order valence-corrected chi connectivity index (χ3v) is 1.57. The van der Waals surface area contributed by atoms with Crippen molar-refractivity contribution < 1.29 is 17.9 Å². The van der Waals surface area contributed by atoms with Gasteiger partial charge < -0.3 is 10.5 Å². The summed E-state index contributed by atoms with van der Waals surface area (Å²) in [4.78, 5) is 7.33. The number of ether oxygens (including phenoxy) is 1. The molecule has 0 saturated heterocycles. The Morgan fingerprint density at radius 3 is 2.73 bits per heavy atom. The zero-order valence-electron chi connectivity index (χ0n) is 8.01. The Kier molecular flexibility index (Phi) is 3.33. The molecule has 0 bridgehead atoms. The lowest BCUT2D eigenvalue weighted by atomic mass is 10.4. The Morgan fingerprint density at radius 1 is 1.47 bits per heavy atom. The molecule has 0 unspecified atom stereocenters. The van der Waals surface area contributed by atoms with Crippen LogP contribution >= 0.6 is 0 Å². The van der Waals surface area contributed by atoms with Crippen LogP contribution in [0.1, 0.15) is 12.0 Å². The SMILES string of the molecule is Cc1cnc(N)nc1OCCC(F)(F)F. The number of nitrogens with two attached hydrogens (primary N) is 1. The molecule has 0 fully saturated rings. The fraction of sp³-hybridized carbons (Fsp3) is 0.500. The van der Waals surface area contributed by atoms with Gasteiger partial charge in [0.1, 0.15) is 0 Å². The quantitative estimate of drug-likeness (QED) is 0.843. The third-order valence-electron chi connectivity index (χ3n) is 1.57. The maximum atomic E-state index is 11.8. The van der Waals surface area contributed by atoms with Crippen molar-refractivity contribution in [2.45, 2.75) is 19.5 Å². The predicted octanol–water partition coefficient (Wildman–Crippen LogP) is 1.70. The van der Waals surface area contributed by atoms with Crippen LogP contribution in [0.15, 0.2) is 6.20 Å². The minimum absolute atomic E-state index is 0.0254. The average Bonchev–Trinajstić information content (AvgIpc) is 2.09. The van der Waals surface area contributed by atoms with Crippen LogP contribution in [0.5, 0.6) is 5.88 Å². The number of hydrogen-bond acceptors (Lipinski definition) is 4. The highest BCUT2D eigenvalue weighted by atomic mass is 19.4. The number of aryl methyl sites for hydroxylation is 1. The summed E-state index contributed by atoms with van der Waals surface area (Å²) in [5.41, 5.74) is 5.81. The van der Waals surface area contributed by atoms with Crippen LogP contribution in [0.3, 0.4) is 0 Å². The van der Waals surface area contributed by atoms with E-state index < -0.39 is 19.2 Å². The summed E-state index contributed by atoms with van der Waals surface area (Å²) in [6.45, 7) is 1.16. The summed E-state index contributed by atoms with van der Waals surface area (Å²) in [6.07, 6.45) is -3.85. The van der Waals surface area contributed by atoms with Gasteiger partial charge in [0.2, 0.25) is 11.8 Å². The van der Waals surface area contributed by atoms with Crippen LogP contribution in [-0.2, 0) is 0 Å². The average molecular weight is 221 g/mol. The normalized spacial score (nSPS) is 11.5. The second kappa shape index (κ2) is 4.33. The van der Waals surface area contributed by atoms with E-state index in [0.717, 1.165) is 0 Å². The Morgan fingerprint density at radius 2 is 2.13 bits per heavy atom. The zero-order chi connectivity index (χ0) is 11.5. The summed E-state index contributed by atoms with van der Waals surface area (Å²) in [5, 5.41) is 0. The molecule has 4 nitrogen and oxygen atoms in total. The second-order valence-corrected chi connectivity index (χ2v) is 2.93. The molecule has 0 saturated carbocycles. The van der Waals surface area contributed by atoms with Gasteiger partial charge in [-0.3, -0.25) is 0 Å². The smallest absolute Gasteiger partial charge is 0.392 e. The minimum Gasteiger partial charge on any atom is -0.477 e. The van der Waals surface area contributed by atoms with Crippen LogP contribution in [0, 0.1) is 6.92 Å². The number of alkyl halides is 3. The molecule has 0 amide bonds. The van der Waals surface area contributed by atoms with Crippen LogP contribution in [0.25, 0.3) is 0 Å². The largest absolute Gasteiger partial charge is 0.477 e. The van der Waals surface area contributed by atoms with Gasteiger partial charge in [0, 0.05) is 11.8 Å². The fourth-order valence-corrected chi connectivity index (χ4v) is 0.849. The zero-order valence-corrected chi connectivity index (χ0v) is 8.01. The molecule has 1 rings (SSSR count). The van der Waals surface area contributed by atoms with Crippen LogP contribution in [0.2, 0.25) is 0 Å². The molecular formula is C8H10F3N3O. The molecule has 15 heavy (non-hydrogen) atoms. The summed E-state index contributed by atoms with van der Waals surface area (Å²) < 4.78 is 40.2. The minimum atomic E-state index is -4.23. The molecule has 1 heterocycles. The number of nitrogen functional groups attached to an aromatic ring is 1. The monoisotopic (exact) mass is 221 g/mol. The van der Waals surface area contributed by atoms with E-state index in [1.54, 1.807) is 6.92 Å². The van der Waals surface area contributed by atoms with E-state index in [-0.39, 0.29) is 11.8 Å². The van der Waals surface area contributed by atoms with Gasteiger partial charge in [0.15, 0.2) is 0 Å². The first-order chi connectivity index (χ1) is 6.88. The van der Waals surface area contributed by atoms with E-state index in [9.17, 15) is 13.2 Å². The first-order valence-electron chi connectivity index (χ1n) is 4.17. The molecule has 0 spiro atoms. The molecule has 0 atom stereocenters. The Labute approximate surface area is 84.3 Å². The second-order valence-electron chi connectivity index (χ2n) is 2.93. The van der Waals surface area contributed by atoms with Gasteiger partial charge in [0.05, 0.1) is 13.0 Å². The molecule has 84 valence electrons. The van der Waals surface area contributed by atoms with E-state index in [4.69, 9.17) is 10.5 Å². The number of nitrogens with zero attached hydrogens (tertiary/aromatic N) is 2. The predicted molar refractivity (Wildman–Crippen MR) is 47.3 cm³/mol. The Hall–Kier alpha value is -1.53. The summed E-state index contributed by atoms with van der Waals surface area (Å²) in [5.74, 6) is 0.0642. The molecule has 0 aromatic carbocycles.